The largest absolute Gasteiger partial charge is 0.384 e. The maximum absolute atomic E-state index is 12.3. The molecule has 1 aromatic rings. The molecule has 1 atom stereocenters. The van der Waals surface area contributed by atoms with Crippen LogP contribution in [0.3, 0.4) is 0 Å². The van der Waals surface area contributed by atoms with E-state index in [1.54, 1.807) is 12.1 Å². The van der Waals surface area contributed by atoms with E-state index in [1.165, 1.54) is 12.8 Å². The number of anilines is 1. The summed E-state index contributed by atoms with van der Waals surface area (Å²) in [7, 11) is -3.39. The van der Waals surface area contributed by atoms with Crippen molar-refractivity contribution in [3.8, 4) is 0 Å². The first-order valence-corrected chi connectivity index (χ1v) is 8.90. The summed E-state index contributed by atoms with van der Waals surface area (Å²) >= 11 is 0. The Hall–Kier alpha value is -1.07. The molecule has 1 aromatic carbocycles. The van der Waals surface area contributed by atoms with E-state index < -0.39 is 10.0 Å². The van der Waals surface area contributed by atoms with Crippen LogP contribution in [0.1, 0.15) is 32.6 Å². The zero-order chi connectivity index (χ0) is 14.2. The number of hydrogen-bond acceptors (Lipinski definition) is 3. The Labute approximate surface area is 121 Å². The van der Waals surface area contributed by atoms with Gasteiger partial charge in [0.05, 0.1) is 5.69 Å². The average Bonchev–Trinajstić information content (AvgIpc) is 3.28. The van der Waals surface area contributed by atoms with Gasteiger partial charge in [-0.05, 0) is 49.7 Å². The second-order valence-electron chi connectivity index (χ2n) is 6.09. The molecular weight excluding hydrogens is 272 g/mol. The van der Waals surface area contributed by atoms with E-state index in [0.717, 1.165) is 25.3 Å². The van der Waals surface area contributed by atoms with Gasteiger partial charge >= 0.3 is 0 Å². The third-order valence-electron chi connectivity index (χ3n) is 4.12. The molecule has 2 aliphatic carbocycles. The normalized spacial score (nSPS) is 20.6. The van der Waals surface area contributed by atoms with Gasteiger partial charge in [-0.25, -0.2) is 13.1 Å². The van der Waals surface area contributed by atoms with E-state index >= 15 is 0 Å². The fourth-order valence-electron chi connectivity index (χ4n) is 2.43. The molecule has 0 aromatic heterocycles. The molecule has 3 rings (SSSR count). The Bertz CT molecular complexity index is 577. The van der Waals surface area contributed by atoms with E-state index in [2.05, 4.69) is 17.0 Å². The highest BCUT2D eigenvalue weighted by Gasteiger charge is 2.30. The van der Waals surface area contributed by atoms with Gasteiger partial charge in [0.2, 0.25) is 10.0 Å². The molecule has 20 heavy (non-hydrogen) atoms. The second kappa shape index (κ2) is 5.37. The van der Waals surface area contributed by atoms with E-state index in [1.807, 2.05) is 12.1 Å². The van der Waals surface area contributed by atoms with E-state index in [4.69, 9.17) is 0 Å². The molecule has 2 fully saturated rings. The van der Waals surface area contributed by atoms with Crippen molar-refractivity contribution < 1.29 is 8.42 Å². The monoisotopic (exact) mass is 294 g/mol. The lowest BCUT2D eigenvalue weighted by Crippen LogP contribution is -2.27. The van der Waals surface area contributed by atoms with Crippen LogP contribution in [0.15, 0.2) is 29.2 Å². The molecule has 5 heteroatoms. The van der Waals surface area contributed by atoms with Gasteiger partial charge in [0.25, 0.3) is 0 Å². The lowest BCUT2D eigenvalue weighted by molar-refractivity contribution is 0.536. The molecule has 0 spiro atoms. The first-order chi connectivity index (χ1) is 9.56. The minimum Gasteiger partial charge on any atom is -0.384 e. The summed E-state index contributed by atoms with van der Waals surface area (Å²) in [6, 6.07) is 7.31. The van der Waals surface area contributed by atoms with E-state index in [-0.39, 0.29) is 6.04 Å². The number of para-hydroxylation sites is 1. The summed E-state index contributed by atoms with van der Waals surface area (Å²) < 4.78 is 27.4. The summed E-state index contributed by atoms with van der Waals surface area (Å²) in [4.78, 5) is 0.370. The van der Waals surface area contributed by atoms with Gasteiger partial charge in [-0.2, -0.15) is 0 Å². The van der Waals surface area contributed by atoms with Crippen molar-refractivity contribution in [1.29, 1.82) is 0 Å². The summed E-state index contributed by atoms with van der Waals surface area (Å²) in [5.41, 5.74) is 0.716. The van der Waals surface area contributed by atoms with Gasteiger partial charge in [0, 0.05) is 12.6 Å². The highest BCUT2D eigenvalue weighted by atomic mass is 32.2. The van der Waals surface area contributed by atoms with E-state index in [9.17, 15) is 8.42 Å². The van der Waals surface area contributed by atoms with Crippen molar-refractivity contribution in [2.75, 3.05) is 11.9 Å². The maximum atomic E-state index is 12.3. The molecule has 0 saturated heterocycles. The second-order valence-corrected chi connectivity index (χ2v) is 7.77. The highest BCUT2D eigenvalue weighted by molar-refractivity contribution is 7.89. The molecule has 0 amide bonds. The number of benzene rings is 1. The fraction of sp³-hybridized carbons (Fsp3) is 0.600. The first-order valence-electron chi connectivity index (χ1n) is 7.41. The predicted octanol–water partition coefficient (Wildman–Crippen LogP) is 2.59. The number of nitrogens with one attached hydrogen (secondary N) is 2. The van der Waals surface area contributed by atoms with Crippen molar-refractivity contribution in [3.05, 3.63) is 24.3 Å². The van der Waals surface area contributed by atoms with Crippen LogP contribution in [-0.4, -0.2) is 21.0 Å². The van der Waals surface area contributed by atoms with Gasteiger partial charge in [-0.1, -0.05) is 19.1 Å². The summed E-state index contributed by atoms with van der Waals surface area (Å²) in [6.45, 7) is 3.06. The molecule has 0 radical (unpaired) electrons. The predicted molar refractivity (Wildman–Crippen MR) is 80.2 cm³/mol. The van der Waals surface area contributed by atoms with Crippen molar-refractivity contribution in [3.63, 3.8) is 0 Å². The number of rotatable bonds is 7. The Balaban J connectivity index is 1.72. The first kappa shape index (κ1) is 13.9. The Morgan fingerprint density at radius 3 is 2.55 bits per heavy atom. The molecule has 0 aliphatic heterocycles. The molecule has 0 heterocycles. The summed E-state index contributed by atoms with van der Waals surface area (Å²) in [6.07, 6.45) is 4.53. The molecule has 0 bridgehead atoms. The van der Waals surface area contributed by atoms with Crippen LogP contribution >= 0.6 is 0 Å². The molecule has 4 nitrogen and oxygen atoms in total. The molecule has 1 unspecified atom stereocenters. The zero-order valence-electron chi connectivity index (χ0n) is 11.8. The summed E-state index contributed by atoms with van der Waals surface area (Å²) in [5, 5.41) is 3.31. The molecule has 2 N–H and O–H groups in total. The van der Waals surface area contributed by atoms with Crippen molar-refractivity contribution in [2.45, 2.75) is 43.5 Å². The topological polar surface area (TPSA) is 58.2 Å². The van der Waals surface area contributed by atoms with Crippen molar-refractivity contribution in [1.82, 2.24) is 4.72 Å². The lowest BCUT2D eigenvalue weighted by Gasteiger charge is -2.16. The smallest absolute Gasteiger partial charge is 0.242 e. The Morgan fingerprint density at radius 1 is 1.20 bits per heavy atom. The number of sulfonamides is 1. The van der Waals surface area contributed by atoms with Crippen LogP contribution in [0.5, 0.6) is 0 Å². The van der Waals surface area contributed by atoms with Gasteiger partial charge in [-0.15, -0.1) is 0 Å². The van der Waals surface area contributed by atoms with Gasteiger partial charge < -0.3 is 5.32 Å². The van der Waals surface area contributed by atoms with Crippen LogP contribution in [-0.2, 0) is 10.0 Å². The Kier molecular flexibility index (Phi) is 3.73. The molecular formula is C15H22N2O2S. The third kappa shape index (κ3) is 3.33. The van der Waals surface area contributed by atoms with Crippen LogP contribution in [0.4, 0.5) is 5.69 Å². The molecule has 2 aliphatic rings. The van der Waals surface area contributed by atoms with Crippen LogP contribution in [0.25, 0.3) is 0 Å². The van der Waals surface area contributed by atoms with Crippen LogP contribution < -0.4 is 10.0 Å². The van der Waals surface area contributed by atoms with Gasteiger partial charge in [0.1, 0.15) is 4.90 Å². The third-order valence-corrected chi connectivity index (χ3v) is 5.70. The van der Waals surface area contributed by atoms with Crippen molar-refractivity contribution in [2.24, 2.45) is 11.8 Å². The fourth-order valence-corrected chi connectivity index (χ4v) is 3.92. The van der Waals surface area contributed by atoms with Gasteiger partial charge in [0.15, 0.2) is 0 Å². The van der Waals surface area contributed by atoms with E-state index in [0.29, 0.717) is 16.5 Å². The summed E-state index contributed by atoms with van der Waals surface area (Å²) in [5.74, 6) is 1.41. The van der Waals surface area contributed by atoms with Gasteiger partial charge in [-0.3, -0.25) is 0 Å². The lowest BCUT2D eigenvalue weighted by atomic mass is 10.1. The highest BCUT2D eigenvalue weighted by Crippen LogP contribution is 2.36. The minimum atomic E-state index is -3.39. The molecule has 110 valence electrons. The minimum absolute atomic E-state index is 0.137. The quantitative estimate of drug-likeness (QED) is 0.812. The SMILES string of the molecule is CC(CNc1ccccc1S(=O)(=O)NC1CC1)C1CC1. The average molecular weight is 294 g/mol. The van der Waals surface area contributed by atoms with Crippen LogP contribution in [0, 0.1) is 11.8 Å². The number of hydrogen-bond donors (Lipinski definition) is 2. The molecule has 2 saturated carbocycles. The van der Waals surface area contributed by atoms with Crippen molar-refractivity contribution >= 4 is 15.7 Å². The zero-order valence-corrected chi connectivity index (χ0v) is 12.6. The standard InChI is InChI=1S/C15H22N2O2S/c1-11(12-6-7-12)10-16-14-4-2-3-5-15(14)20(18,19)17-13-8-9-13/h2-5,11-13,16-17H,6-10H2,1H3. The Morgan fingerprint density at radius 2 is 1.90 bits per heavy atom. The van der Waals surface area contributed by atoms with Crippen LogP contribution in [0.2, 0.25) is 0 Å². The maximum Gasteiger partial charge on any atom is 0.242 e.